The maximum Gasteiger partial charge on any atom is 0.297 e. The number of pyridine rings is 1. The molecule has 2 heterocycles. The van der Waals surface area contributed by atoms with E-state index in [0.29, 0.717) is 17.0 Å². The van der Waals surface area contributed by atoms with Gasteiger partial charge in [0, 0.05) is 20.0 Å². The third kappa shape index (κ3) is 5.81. The van der Waals surface area contributed by atoms with Gasteiger partial charge in [0.05, 0.1) is 12.8 Å². The van der Waals surface area contributed by atoms with Gasteiger partial charge in [-0.15, -0.1) is 0 Å². The van der Waals surface area contributed by atoms with Crippen molar-refractivity contribution >= 4 is 16.9 Å². The zero-order chi connectivity index (χ0) is 21.7. The van der Waals surface area contributed by atoms with Crippen molar-refractivity contribution in [3.8, 4) is 11.9 Å². The summed E-state index contributed by atoms with van der Waals surface area (Å²) in [7, 11) is 1.78. The lowest BCUT2D eigenvalue weighted by molar-refractivity contribution is -0.119. The number of aryl methyl sites for hydroxylation is 1. The minimum Gasteiger partial charge on any atom is -0.472 e. The molecule has 2 aromatic rings. The minimum absolute atomic E-state index is 0.000417. The second kappa shape index (κ2) is 10.1. The van der Waals surface area contributed by atoms with Crippen LogP contribution < -0.4 is 14.8 Å². The first-order chi connectivity index (χ1) is 14.4. The lowest BCUT2D eigenvalue weighted by Crippen LogP contribution is -2.32. The number of amides is 1. The van der Waals surface area contributed by atoms with E-state index in [1.807, 2.05) is 0 Å². The van der Waals surface area contributed by atoms with E-state index in [0.717, 1.165) is 25.7 Å². The highest BCUT2D eigenvalue weighted by Gasteiger charge is 2.27. The number of aromatic nitrogens is 3. The number of rotatable bonds is 6. The van der Waals surface area contributed by atoms with Crippen LogP contribution in [0.15, 0.2) is 6.20 Å². The average molecular weight is 423 g/mol. The first-order valence-corrected chi connectivity index (χ1v) is 10.6. The van der Waals surface area contributed by atoms with Crippen molar-refractivity contribution < 1.29 is 23.8 Å². The van der Waals surface area contributed by atoms with Gasteiger partial charge in [-0.1, -0.05) is 6.42 Å². The predicted molar refractivity (Wildman–Crippen MR) is 110 cm³/mol. The maximum atomic E-state index is 14.6. The Morgan fingerprint density at radius 1 is 1.27 bits per heavy atom. The minimum atomic E-state index is -0.446. The molecule has 2 aliphatic rings. The fourth-order valence-corrected chi connectivity index (χ4v) is 3.38. The summed E-state index contributed by atoms with van der Waals surface area (Å²) in [6.45, 7) is 3.16. The van der Waals surface area contributed by atoms with E-state index in [9.17, 15) is 9.18 Å². The van der Waals surface area contributed by atoms with E-state index in [1.54, 1.807) is 24.7 Å². The van der Waals surface area contributed by atoms with Crippen molar-refractivity contribution in [3.05, 3.63) is 12.0 Å². The lowest BCUT2D eigenvalue weighted by atomic mass is 9.98. The van der Waals surface area contributed by atoms with Crippen LogP contribution in [0.25, 0.3) is 11.0 Å². The van der Waals surface area contributed by atoms with Crippen LogP contribution in [0.1, 0.15) is 58.8 Å². The molecule has 2 aromatic heterocycles. The highest BCUT2D eigenvalue weighted by atomic mass is 19.1. The molecule has 0 radical (unpaired) electrons. The quantitative estimate of drug-likeness (QED) is 0.743. The molecule has 2 saturated carbocycles. The van der Waals surface area contributed by atoms with Crippen LogP contribution in [0.5, 0.6) is 11.9 Å². The van der Waals surface area contributed by atoms with Crippen molar-refractivity contribution in [2.45, 2.75) is 77.0 Å². The Kier molecular flexibility index (Phi) is 7.47. The molecule has 0 aromatic carbocycles. The number of nitrogens with zero attached hydrogens (tertiary/aromatic N) is 3. The molecule has 1 amide bonds. The molecule has 2 N–H and O–H groups in total. The Balaban J connectivity index is 0.000000275. The third-order valence-electron chi connectivity index (χ3n) is 5.13. The SMILES string of the molecule is CC(=O)NC(C)CO.Cn1c(OC2CCCCC2)nc2cnc(OC3CC3)c(F)c21. The number of carbonyl (C=O) groups is 1. The zero-order valence-corrected chi connectivity index (χ0v) is 17.9. The highest BCUT2D eigenvalue weighted by Crippen LogP contribution is 2.32. The largest absolute Gasteiger partial charge is 0.472 e. The molecule has 1 unspecified atom stereocenters. The number of carbonyl (C=O) groups excluding carboxylic acids is 1. The molecular formula is C21H31FN4O4. The summed E-state index contributed by atoms with van der Waals surface area (Å²) < 4.78 is 27.8. The van der Waals surface area contributed by atoms with Crippen molar-refractivity contribution in [3.63, 3.8) is 0 Å². The van der Waals surface area contributed by atoms with Crippen LogP contribution in [0.2, 0.25) is 0 Å². The third-order valence-corrected chi connectivity index (χ3v) is 5.13. The first-order valence-electron chi connectivity index (χ1n) is 10.6. The number of fused-ring (bicyclic) bond motifs is 1. The van der Waals surface area contributed by atoms with Gasteiger partial charge in [0.2, 0.25) is 11.7 Å². The Labute approximate surface area is 175 Å². The maximum absolute atomic E-state index is 14.6. The summed E-state index contributed by atoms with van der Waals surface area (Å²) in [5.41, 5.74) is 0.908. The van der Waals surface area contributed by atoms with Crippen molar-refractivity contribution in [1.82, 2.24) is 19.9 Å². The number of halogens is 1. The van der Waals surface area contributed by atoms with E-state index < -0.39 is 5.82 Å². The Hall–Kier alpha value is -2.42. The van der Waals surface area contributed by atoms with E-state index in [1.165, 1.54) is 26.2 Å². The van der Waals surface area contributed by atoms with Crippen molar-refractivity contribution in [1.29, 1.82) is 0 Å². The van der Waals surface area contributed by atoms with Gasteiger partial charge >= 0.3 is 0 Å². The zero-order valence-electron chi connectivity index (χ0n) is 17.9. The molecular weight excluding hydrogens is 391 g/mol. The smallest absolute Gasteiger partial charge is 0.297 e. The van der Waals surface area contributed by atoms with Crippen LogP contribution in [-0.2, 0) is 11.8 Å². The second-order valence-corrected chi connectivity index (χ2v) is 8.04. The molecule has 166 valence electrons. The first kappa shape index (κ1) is 22.3. The summed E-state index contributed by atoms with van der Waals surface area (Å²) in [6.07, 6.45) is 9.52. The second-order valence-electron chi connectivity index (χ2n) is 8.04. The van der Waals surface area contributed by atoms with Gasteiger partial charge in [-0.3, -0.25) is 9.36 Å². The molecule has 0 saturated heterocycles. The Morgan fingerprint density at radius 3 is 2.50 bits per heavy atom. The number of ether oxygens (including phenoxy) is 2. The van der Waals surface area contributed by atoms with Crippen LogP contribution in [0, 0.1) is 5.82 Å². The summed E-state index contributed by atoms with van der Waals surface area (Å²) in [4.78, 5) is 18.6. The summed E-state index contributed by atoms with van der Waals surface area (Å²) >= 11 is 0. The molecule has 9 heteroatoms. The summed E-state index contributed by atoms with van der Waals surface area (Å²) in [5, 5.41) is 10.9. The van der Waals surface area contributed by atoms with Gasteiger partial charge in [-0.25, -0.2) is 4.98 Å². The fraction of sp³-hybridized carbons (Fsp3) is 0.667. The molecule has 0 bridgehead atoms. The number of hydrogen-bond acceptors (Lipinski definition) is 6. The van der Waals surface area contributed by atoms with Gasteiger partial charge < -0.3 is 19.9 Å². The van der Waals surface area contributed by atoms with Gasteiger partial charge in [-0.05, 0) is 45.4 Å². The van der Waals surface area contributed by atoms with Crippen LogP contribution in [-0.4, -0.2) is 50.4 Å². The average Bonchev–Trinajstić information content (AvgIpc) is 3.48. The van der Waals surface area contributed by atoms with Crippen molar-refractivity contribution in [2.24, 2.45) is 7.05 Å². The van der Waals surface area contributed by atoms with Crippen LogP contribution in [0.4, 0.5) is 4.39 Å². The van der Waals surface area contributed by atoms with E-state index >= 15 is 0 Å². The van der Waals surface area contributed by atoms with E-state index in [-0.39, 0.29) is 36.6 Å². The molecule has 30 heavy (non-hydrogen) atoms. The molecule has 4 rings (SSSR count). The standard InChI is InChI=1S/C16H20FN3O2.C5H11NO2/c1-20-14-12(9-18-15(13(14)17)21-11-7-8-11)19-16(20)22-10-5-3-2-4-6-10;1-4(3-7)6-5(2)8/h9-11H,2-8H2,1H3;4,7H,3H2,1-2H3,(H,6,8). The highest BCUT2D eigenvalue weighted by molar-refractivity contribution is 5.77. The lowest BCUT2D eigenvalue weighted by Gasteiger charge is -2.22. The normalized spacial score (nSPS) is 17.8. The van der Waals surface area contributed by atoms with Gasteiger partial charge in [0.1, 0.15) is 23.2 Å². The Morgan fingerprint density at radius 2 is 1.93 bits per heavy atom. The number of aliphatic hydroxyl groups is 1. The number of hydrogen-bond donors (Lipinski definition) is 2. The van der Waals surface area contributed by atoms with Crippen LogP contribution in [0.3, 0.4) is 0 Å². The topological polar surface area (TPSA) is 98.5 Å². The van der Waals surface area contributed by atoms with Gasteiger partial charge in [0.25, 0.3) is 11.9 Å². The molecule has 2 aliphatic carbocycles. The predicted octanol–water partition coefficient (Wildman–Crippen LogP) is 2.86. The monoisotopic (exact) mass is 422 g/mol. The van der Waals surface area contributed by atoms with Crippen molar-refractivity contribution in [2.75, 3.05) is 6.61 Å². The Bertz CT molecular complexity index is 862. The molecule has 0 spiro atoms. The number of imidazole rings is 1. The van der Waals surface area contributed by atoms with E-state index in [4.69, 9.17) is 14.6 Å². The molecule has 1 atom stereocenters. The van der Waals surface area contributed by atoms with Gasteiger partial charge in [0.15, 0.2) is 0 Å². The fourth-order valence-electron chi connectivity index (χ4n) is 3.38. The van der Waals surface area contributed by atoms with E-state index in [2.05, 4.69) is 15.3 Å². The molecule has 0 aliphatic heterocycles. The van der Waals surface area contributed by atoms with Crippen LogP contribution >= 0.6 is 0 Å². The molecule has 2 fully saturated rings. The molecule has 8 nitrogen and oxygen atoms in total. The number of nitrogens with one attached hydrogen (secondary N) is 1. The van der Waals surface area contributed by atoms with Gasteiger partial charge in [-0.2, -0.15) is 9.37 Å². The number of aliphatic hydroxyl groups excluding tert-OH is 1. The summed E-state index contributed by atoms with van der Waals surface area (Å²) in [5.74, 6) is -0.480. The summed E-state index contributed by atoms with van der Waals surface area (Å²) in [6, 6.07) is 0.346.